The molecule has 0 bridgehead atoms. The molecule has 4 rings (SSSR count). The molecule has 2 aliphatic heterocycles. The van der Waals surface area contributed by atoms with E-state index in [0.29, 0.717) is 5.69 Å². The molecule has 24 heavy (non-hydrogen) atoms. The number of carbonyl (C=O) groups excluding carboxylic acids is 1. The zero-order valence-corrected chi connectivity index (χ0v) is 14.0. The minimum Gasteiger partial charge on any atom is -0.331 e. The lowest BCUT2D eigenvalue weighted by Crippen LogP contribution is -2.58. The van der Waals surface area contributed by atoms with E-state index < -0.39 is 19.0 Å². The van der Waals surface area contributed by atoms with Crippen LogP contribution in [0.3, 0.4) is 0 Å². The Hall–Kier alpha value is -1.50. The van der Waals surface area contributed by atoms with Crippen LogP contribution in [0.25, 0.3) is 0 Å². The van der Waals surface area contributed by atoms with Crippen LogP contribution in [0.15, 0.2) is 6.20 Å². The zero-order valence-electron chi connectivity index (χ0n) is 14.0. The lowest BCUT2D eigenvalue weighted by molar-refractivity contribution is -0.113. The van der Waals surface area contributed by atoms with Crippen LogP contribution in [0.4, 0.5) is 8.78 Å². The third-order valence-electron chi connectivity index (χ3n) is 5.68. The summed E-state index contributed by atoms with van der Waals surface area (Å²) in [4.78, 5) is 20.4. The number of alkyl halides is 2. The maximum Gasteiger partial charge on any atom is 0.282 e. The number of amides is 1. The summed E-state index contributed by atoms with van der Waals surface area (Å²) in [5, 5.41) is 0. The first kappa shape index (κ1) is 16.0. The predicted octanol–water partition coefficient (Wildman–Crippen LogP) is 2.54. The molecule has 1 atom stereocenters. The Morgan fingerprint density at radius 3 is 2.67 bits per heavy atom. The van der Waals surface area contributed by atoms with Gasteiger partial charge in [-0.1, -0.05) is 12.8 Å². The molecule has 1 saturated carbocycles. The quantitative estimate of drug-likeness (QED) is 0.850. The van der Waals surface area contributed by atoms with E-state index in [2.05, 4.69) is 16.8 Å². The van der Waals surface area contributed by atoms with Gasteiger partial charge in [0.1, 0.15) is 11.5 Å². The minimum atomic E-state index is -2.74. The number of imidazole rings is 1. The van der Waals surface area contributed by atoms with E-state index in [4.69, 9.17) is 0 Å². The number of fused-ring (bicyclic) bond motifs is 1. The monoisotopic (exact) mass is 338 g/mol. The predicted molar refractivity (Wildman–Crippen MR) is 85.0 cm³/mol. The number of hydrogen-bond donors (Lipinski definition) is 0. The number of aromatic nitrogens is 2. The van der Waals surface area contributed by atoms with Crippen LogP contribution in [-0.2, 0) is 6.54 Å². The minimum absolute atomic E-state index is 0.165. The van der Waals surface area contributed by atoms with Crippen LogP contribution >= 0.6 is 0 Å². The van der Waals surface area contributed by atoms with Gasteiger partial charge < -0.3 is 9.47 Å². The van der Waals surface area contributed by atoms with Crippen molar-refractivity contribution in [2.24, 2.45) is 5.92 Å². The normalized spacial score (nSPS) is 27.1. The SMILES string of the molecule is C[C@@H]1c2nc(C(=O)N3CC(F)(F)C3)cn2CCN1CC1CCCC1. The second-order valence-electron chi connectivity index (χ2n) is 7.52. The number of rotatable bonds is 3. The first-order chi connectivity index (χ1) is 11.4. The molecule has 2 fully saturated rings. The highest BCUT2D eigenvalue weighted by atomic mass is 19.3. The molecule has 3 heterocycles. The van der Waals surface area contributed by atoms with Gasteiger partial charge in [0.25, 0.3) is 11.8 Å². The van der Waals surface area contributed by atoms with Crippen LogP contribution in [-0.4, -0.2) is 57.4 Å². The van der Waals surface area contributed by atoms with Gasteiger partial charge in [-0.3, -0.25) is 9.69 Å². The van der Waals surface area contributed by atoms with E-state index in [1.54, 1.807) is 6.20 Å². The molecule has 1 aromatic rings. The summed E-state index contributed by atoms with van der Waals surface area (Å²) in [5.74, 6) is -1.45. The maximum atomic E-state index is 13.0. The highest BCUT2D eigenvalue weighted by Crippen LogP contribution is 2.32. The van der Waals surface area contributed by atoms with Crippen LogP contribution in [0, 0.1) is 5.92 Å². The van der Waals surface area contributed by atoms with E-state index in [1.165, 1.54) is 30.6 Å². The van der Waals surface area contributed by atoms with Gasteiger partial charge in [0, 0.05) is 25.8 Å². The van der Waals surface area contributed by atoms with E-state index in [1.807, 2.05) is 4.57 Å². The number of nitrogens with zero attached hydrogens (tertiary/aromatic N) is 4. The summed E-state index contributed by atoms with van der Waals surface area (Å²) in [7, 11) is 0. The summed E-state index contributed by atoms with van der Waals surface area (Å²) in [5.41, 5.74) is 0.301. The van der Waals surface area contributed by atoms with Crippen molar-refractivity contribution in [1.82, 2.24) is 19.4 Å². The van der Waals surface area contributed by atoms with Crippen molar-refractivity contribution in [2.75, 3.05) is 26.2 Å². The van der Waals surface area contributed by atoms with Crippen LogP contribution in [0.5, 0.6) is 0 Å². The van der Waals surface area contributed by atoms with Crippen molar-refractivity contribution < 1.29 is 13.6 Å². The molecule has 0 unspecified atom stereocenters. The number of carbonyl (C=O) groups is 1. The Labute approximate surface area is 140 Å². The van der Waals surface area contributed by atoms with Crippen molar-refractivity contribution in [3.8, 4) is 0 Å². The smallest absolute Gasteiger partial charge is 0.282 e. The molecule has 7 heteroatoms. The Morgan fingerprint density at radius 1 is 1.29 bits per heavy atom. The lowest BCUT2D eigenvalue weighted by atomic mass is 10.1. The second-order valence-corrected chi connectivity index (χ2v) is 7.52. The molecule has 132 valence electrons. The molecule has 0 radical (unpaired) electrons. The summed E-state index contributed by atoms with van der Waals surface area (Å²) >= 11 is 0. The molecule has 5 nitrogen and oxygen atoms in total. The topological polar surface area (TPSA) is 41.4 Å². The lowest BCUT2D eigenvalue weighted by Gasteiger charge is -2.38. The average Bonchev–Trinajstić information content (AvgIpc) is 3.16. The van der Waals surface area contributed by atoms with E-state index in [-0.39, 0.29) is 11.9 Å². The van der Waals surface area contributed by atoms with Gasteiger partial charge in [0.05, 0.1) is 19.1 Å². The largest absolute Gasteiger partial charge is 0.331 e. The van der Waals surface area contributed by atoms with Crippen molar-refractivity contribution in [3.63, 3.8) is 0 Å². The highest BCUT2D eigenvalue weighted by Gasteiger charge is 2.47. The van der Waals surface area contributed by atoms with Gasteiger partial charge in [0.15, 0.2) is 0 Å². The molecule has 1 saturated heterocycles. The van der Waals surface area contributed by atoms with Gasteiger partial charge in [-0.05, 0) is 25.7 Å². The third-order valence-corrected chi connectivity index (χ3v) is 5.68. The molecular weight excluding hydrogens is 314 g/mol. The standard InChI is InChI=1S/C17H24F2N4O/c1-12-15-20-14(16(24)23-10-17(18,19)11-23)9-22(15)7-6-21(12)8-13-4-2-3-5-13/h9,12-13H,2-8,10-11H2,1H3/t12-/m1/s1. The summed E-state index contributed by atoms with van der Waals surface area (Å²) in [6.07, 6.45) is 7.02. The molecular formula is C17H24F2N4O. The number of hydrogen-bond acceptors (Lipinski definition) is 3. The van der Waals surface area contributed by atoms with Crippen molar-refractivity contribution in [1.29, 1.82) is 0 Å². The fourth-order valence-electron chi connectivity index (χ4n) is 4.23. The van der Waals surface area contributed by atoms with Gasteiger partial charge in [-0.15, -0.1) is 0 Å². The van der Waals surface area contributed by atoms with Crippen LogP contribution < -0.4 is 0 Å². The fraction of sp³-hybridized carbons (Fsp3) is 0.765. The van der Waals surface area contributed by atoms with Gasteiger partial charge in [0.2, 0.25) is 0 Å². The zero-order chi connectivity index (χ0) is 16.9. The maximum absolute atomic E-state index is 13.0. The van der Waals surface area contributed by atoms with Crippen LogP contribution in [0.1, 0.15) is 55.0 Å². The highest BCUT2D eigenvalue weighted by molar-refractivity contribution is 5.93. The Morgan fingerprint density at radius 2 is 2.00 bits per heavy atom. The molecule has 3 aliphatic rings. The first-order valence-electron chi connectivity index (χ1n) is 8.91. The molecule has 0 aromatic carbocycles. The molecule has 1 aliphatic carbocycles. The Kier molecular flexibility index (Phi) is 3.86. The summed E-state index contributed by atoms with van der Waals surface area (Å²) in [6.45, 7) is 4.00. The third kappa shape index (κ3) is 2.83. The molecule has 1 aromatic heterocycles. The van der Waals surface area contributed by atoms with Crippen molar-refractivity contribution in [3.05, 3.63) is 17.7 Å². The van der Waals surface area contributed by atoms with Gasteiger partial charge in [-0.25, -0.2) is 13.8 Å². The Balaban J connectivity index is 1.45. The van der Waals surface area contributed by atoms with E-state index in [9.17, 15) is 13.6 Å². The number of likely N-dealkylation sites (tertiary alicyclic amines) is 1. The van der Waals surface area contributed by atoms with E-state index >= 15 is 0 Å². The van der Waals surface area contributed by atoms with Gasteiger partial charge in [-0.2, -0.15) is 0 Å². The second kappa shape index (κ2) is 5.79. The van der Waals surface area contributed by atoms with Crippen molar-refractivity contribution >= 4 is 5.91 Å². The van der Waals surface area contributed by atoms with Gasteiger partial charge >= 0.3 is 0 Å². The number of halogens is 2. The summed E-state index contributed by atoms with van der Waals surface area (Å²) < 4.78 is 28.0. The molecule has 0 spiro atoms. The first-order valence-corrected chi connectivity index (χ1v) is 8.91. The molecule has 1 amide bonds. The average molecular weight is 338 g/mol. The van der Waals surface area contributed by atoms with Crippen molar-refractivity contribution in [2.45, 2.75) is 51.1 Å². The molecule has 0 N–H and O–H groups in total. The Bertz CT molecular complexity index is 631. The van der Waals surface area contributed by atoms with E-state index in [0.717, 1.165) is 31.4 Å². The van der Waals surface area contributed by atoms with Crippen LogP contribution in [0.2, 0.25) is 0 Å². The summed E-state index contributed by atoms with van der Waals surface area (Å²) in [6, 6.07) is 0.165. The fourth-order valence-corrected chi connectivity index (χ4v) is 4.23.